The van der Waals surface area contributed by atoms with Crippen LogP contribution in [-0.2, 0) is 26.3 Å². The predicted octanol–water partition coefficient (Wildman–Crippen LogP) is 4.35. The van der Waals surface area contributed by atoms with E-state index in [9.17, 15) is 13.2 Å². The van der Waals surface area contributed by atoms with Crippen LogP contribution in [0.3, 0.4) is 0 Å². The Kier molecular flexibility index (Phi) is 9.01. The molecule has 0 radical (unpaired) electrons. The van der Waals surface area contributed by atoms with Gasteiger partial charge in [-0.2, -0.15) is 11.8 Å². The van der Waals surface area contributed by atoms with Crippen molar-refractivity contribution in [2.24, 2.45) is 5.92 Å². The first kappa shape index (κ1) is 24.3. The quantitative estimate of drug-likeness (QED) is 0.495. The van der Waals surface area contributed by atoms with E-state index in [1.165, 1.54) is 15.4 Å². The minimum atomic E-state index is -3.37. The van der Waals surface area contributed by atoms with E-state index in [1.807, 2.05) is 42.1 Å². The fraction of sp³-hybridized carbons (Fsp3) is 0.435. The second kappa shape index (κ2) is 11.5. The van der Waals surface area contributed by atoms with Crippen LogP contribution in [0.25, 0.3) is 0 Å². The van der Waals surface area contributed by atoms with Gasteiger partial charge in [-0.3, -0.25) is 4.79 Å². The van der Waals surface area contributed by atoms with Crippen LogP contribution in [0.2, 0.25) is 0 Å². The number of benzene rings is 2. The monoisotopic (exact) mass is 524 g/mol. The number of sulfonamides is 1. The standard InChI is InChI=1S/C23H29BrN2O3S2/c1-18-4-2-3-5-21(18)16-30-15-12-25-23(27)20-10-13-26(14-11-20)31(28,29)17-19-6-8-22(24)9-7-19/h2-9,20H,10-17H2,1H3,(H,25,27). The molecule has 0 saturated carbocycles. The molecule has 2 aromatic carbocycles. The molecule has 1 amide bonds. The van der Waals surface area contributed by atoms with Crippen LogP contribution in [0.15, 0.2) is 53.0 Å². The van der Waals surface area contributed by atoms with Crippen molar-refractivity contribution in [1.29, 1.82) is 0 Å². The van der Waals surface area contributed by atoms with E-state index >= 15 is 0 Å². The van der Waals surface area contributed by atoms with Gasteiger partial charge in [0.1, 0.15) is 0 Å². The predicted molar refractivity (Wildman–Crippen MR) is 131 cm³/mol. The van der Waals surface area contributed by atoms with Crippen molar-refractivity contribution in [2.45, 2.75) is 31.3 Å². The molecule has 0 aromatic heterocycles. The molecule has 0 unspecified atom stereocenters. The normalized spacial score (nSPS) is 15.7. The van der Waals surface area contributed by atoms with Gasteiger partial charge in [-0.15, -0.1) is 0 Å². The van der Waals surface area contributed by atoms with Gasteiger partial charge >= 0.3 is 0 Å². The zero-order valence-corrected chi connectivity index (χ0v) is 20.9. The fourth-order valence-corrected chi connectivity index (χ4v) is 6.39. The molecule has 2 aromatic rings. The van der Waals surface area contributed by atoms with E-state index in [4.69, 9.17) is 0 Å². The Balaban J connectivity index is 1.37. The summed E-state index contributed by atoms with van der Waals surface area (Å²) in [6.45, 7) is 3.55. The zero-order chi connectivity index (χ0) is 22.3. The van der Waals surface area contributed by atoms with Crippen LogP contribution >= 0.6 is 27.7 Å². The number of thioether (sulfide) groups is 1. The van der Waals surface area contributed by atoms with Gasteiger partial charge in [0, 0.05) is 41.5 Å². The summed E-state index contributed by atoms with van der Waals surface area (Å²) >= 11 is 5.17. The molecule has 1 aliphatic heterocycles. The Morgan fingerprint density at radius 2 is 1.81 bits per heavy atom. The third kappa shape index (κ3) is 7.34. The number of nitrogens with one attached hydrogen (secondary N) is 1. The van der Waals surface area contributed by atoms with Crippen molar-refractivity contribution in [3.63, 3.8) is 0 Å². The van der Waals surface area contributed by atoms with Gasteiger partial charge in [0.15, 0.2) is 0 Å². The lowest BCUT2D eigenvalue weighted by atomic mass is 9.97. The highest BCUT2D eigenvalue weighted by Crippen LogP contribution is 2.22. The van der Waals surface area contributed by atoms with E-state index in [-0.39, 0.29) is 17.6 Å². The summed E-state index contributed by atoms with van der Waals surface area (Å²) in [5.74, 6) is 1.73. The van der Waals surface area contributed by atoms with Crippen LogP contribution in [0.4, 0.5) is 0 Å². The van der Waals surface area contributed by atoms with Gasteiger partial charge in [-0.1, -0.05) is 52.3 Å². The Labute approximate surface area is 198 Å². The molecular weight excluding hydrogens is 496 g/mol. The van der Waals surface area contributed by atoms with Crippen molar-refractivity contribution in [3.05, 3.63) is 69.7 Å². The highest BCUT2D eigenvalue weighted by molar-refractivity contribution is 9.10. The average molecular weight is 526 g/mol. The highest BCUT2D eigenvalue weighted by Gasteiger charge is 2.31. The van der Waals surface area contributed by atoms with Crippen molar-refractivity contribution in [3.8, 4) is 0 Å². The summed E-state index contributed by atoms with van der Waals surface area (Å²) in [6.07, 6.45) is 1.14. The number of carbonyl (C=O) groups excluding carboxylic acids is 1. The van der Waals surface area contributed by atoms with Crippen LogP contribution < -0.4 is 5.32 Å². The maximum atomic E-state index is 12.7. The molecule has 3 rings (SSSR count). The SMILES string of the molecule is Cc1ccccc1CSCCNC(=O)C1CCN(S(=O)(=O)Cc2ccc(Br)cc2)CC1. The minimum absolute atomic E-state index is 0.00471. The molecule has 1 heterocycles. The van der Waals surface area contributed by atoms with Gasteiger partial charge in [0.25, 0.3) is 0 Å². The Hall–Kier alpha value is -1.35. The maximum absolute atomic E-state index is 12.7. The van der Waals surface area contributed by atoms with Crippen molar-refractivity contribution < 1.29 is 13.2 Å². The number of hydrogen-bond acceptors (Lipinski definition) is 4. The lowest BCUT2D eigenvalue weighted by Crippen LogP contribution is -2.43. The molecule has 168 valence electrons. The van der Waals surface area contributed by atoms with Gasteiger partial charge in [-0.05, 0) is 48.6 Å². The third-order valence-electron chi connectivity index (χ3n) is 5.54. The average Bonchev–Trinajstić information content (AvgIpc) is 2.76. The first-order valence-corrected chi connectivity index (χ1v) is 14.0. The topological polar surface area (TPSA) is 66.5 Å². The van der Waals surface area contributed by atoms with E-state index in [0.717, 1.165) is 21.5 Å². The number of amides is 1. The summed E-state index contributed by atoms with van der Waals surface area (Å²) in [5, 5.41) is 3.02. The molecule has 0 spiro atoms. The second-order valence-electron chi connectivity index (χ2n) is 7.83. The van der Waals surface area contributed by atoms with Crippen LogP contribution in [-0.4, -0.2) is 44.0 Å². The second-order valence-corrected chi connectivity index (χ2v) is 11.8. The fourth-order valence-electron chi connectivity index (χ4n) is 3.62. The largest absolute Gasteiger partial charge is 0.355 e. The summed E-state index contributed by atoms with van der Waals surface area (Å²) in [6, 6.07) is 15.7. The van der Waals surface area contributed by atoms with Crippen molar-refractivity contribution >= 4 is 43.6 Å². The van der Waals surface area contributed by atoms with Crippen LogP contribution in [0.5, 0.6) is 0 Å². The zero-order valence-electron chi connectivity index (χ0n) is 17.7. The first-order chi connectivity index (χ1) is 14.8. The van der Waals surface area contributed by atoms with Crippen LogP contribution in [0, 0.1) is 12.8 Å². The van der Waals surface area contributed by atoms with E-state index in [2.05, 4.69) is 46.4 Å². The number of hydrogen-bond donors (Lipinski definition) is 1. The molecule has 0 bridgehead atoms. The Bertz CT molecular complexity index is 973. The molecule has 1 fully saturated rings. The summed E-state index contributed by atoms with van der Waals surface area (Å²) in [4.78, 5) is 12.5. The number of nitrogens with zero attached hydrogens (tertiary/aromatic N) is 1. The van der Waals surface area contributed by atoms with Crippen LogP contribution in [0.1, 0.15) is 29.5 Å². The van der Waals surface area contributed by atoms with Gasteiger partial charge in [0.05, 0.1) is 5.75 Å². The van der Waals surface area contributed by atoms with E-state index in [0.29, 0.717) is 32.5 Å². The number of halogens is 1. The Morgan fingerprint density at radius 1 is 1.13 bits per heavy atom. The molecule has 8 heteroatoms. The van der Waals surface area contributed by atoms with Gasteiger partial charge in [0.2, 0.25) is 15.9 Å². The smallest absolute Gasteiger partial charge is 0.223 e. The number of carbonyl (C=O) groups is 1. The van der Waals surface area contributed by atoms with E-state index in [1.54, 1.807) is 0 Å². The first-order valence-electron chi connectivity index (χ1n) is 10.5. The molecular formula is C23H29BrN2O3S2. The molecule has 0 atom stereocenters. The molecule has 1 aliphatic rings. The lowest BCUT2D eigenvalue weighted by molar-refractivity contribution is -0.125. The summed E-state index contributed by atoms with van der Waals surface area (Å²) in [7, 11) is -3.37. The molecule has 0 aliphatic carbocycles. The van der Waals surface area contributed by atoms with Crippen molar-refractivity contribution in [2.75, 3.05) is 25.4 Å². The number of aryl methyl sites for hydroxylation is 1. The molecule has 31 heavy (non-hydrogen) atoms. The minimum Gasteiger partial charge on any atom is -0.355 e. The molecule has 1 N–H and O–H groups in total. The number of rotatable bonds is 9. The molecule has 1 saturated heterocycles. The van der Waals surface area contributed by atoms with Gasteiger partial charge in [-0.25, -0.2) is 12.7 Å². The van der Waals surface area contributed by atoms with Crippen molar-refractivity contribution in [1.82, 2.24) is 9.62 Å². The summed E-state index contributed by atoms with van der Waals surface area (Å²) in [5.41, 5.74) is 3.39. The maximum Gasteiger partial charge on any atom is 0.223 e. The number of piperidine rings is 1. The van der Waals surface area contributed by atoms with Gasteiger partial charge < -0.3 is 5.32 Å². The Morgan fingerprint density at radius 3 is 2.48 bits per heavy atom. The highest BCUT2D eigenvalue weighted by atomic mass is 79.9. The third-order valence-corrected chi connectivity index (χ3v) is 8.93. The lowest BCUT2D eigenvalue weighted by Gasteiger charge is -2.30. The summed E-state index contributed by atoms with van der Waals surface area (Å²) < 4.78 is 27.9. The molecule has 5 nitrogen and oxygen atoms in total. The van der Waals surface area contributed by atoms with E-state index < -0.39 is 10.0 Å².